The molecule has 0 atom stereocenters. The Hall–Kier alpha value is -1.82. The van der Waals surface area contributed by atoms with Gasteiger partial charge in [0, 0.05) is 17.7 Å². The summed E-state index contributed by atoms with van der Waals surface area (Å²) in [6.07, 6.45) is 1.62. The number of rotatable bonds is 4. The van der Waals surface area contributed by atoms with Gasteiger partial charge < -0.3 is 0 Å². The summed E-state index contributed by atoms with van der Waals surface area (Å²) >= 11 is 0. The van der Waals surface area contributed by atoms with Crippen LogP contribution in [0.15, 0.2) is 35.4 Å². The maximum atomic E-state index is 12.9. The Labute approximate surface area is 138 Å². The minimum atomic E-state index is -3.70. The van der Waals surface area contributed by atoms with Gasteiger partial charge in [0.05, 0.1) is 11.4 Å². The molecule has 1 heterocycles. The van der Waals surface area contributed by atoms with Crippen LogP contribution in [-0.4, -0.2) is 18.2 Å². The highest BCUT2D eigenvalue weighted by Crippen LogP contribution is 2.30. The molecular weight excluding hydrogens is 310 g/mol. The van der Waals surface area contributed by atoms with Gasteiger partial charge in [-0.3, -0.25) is 9.40 Å². The Morgan fingerprint density at radius 1 is 1.17 bits per heavy atom. The largest absolute Gasteiger partial charge is 0.279 e. The molecule has 5 nitrogen and oxygen atoms in total. The smallest absolute Gasteiger partial charge is 0.265 e. The van der Waals surface area contributed by atoms with E-state index < -0.39 is 10.0 Å². The van der Waals surface area contributed by atoms with Gasteiger partial charge in [-0.2, -0.15) is 5.10 Å². The van der Waals surface area contributed by atoms with Gasteiger partial charge in [-0.15, -0.1) is 0 Å². The zero-order valence-electron chi connectivity index (χ0n) is 14.6. The standard InChI is InChI=1S/C17H25N3O2S/c1-12(2)20-11-15(16(18-20)17(4,5)6)23(21,22)19-14-10-8-7-9-13(14)3/h7-12,19H,1-6H3. The second-order valence-electron chi connectivity index (χ2n) is 7.09. The van der Waals surface area contributed by atoms with E-state index in [0.717, 1.165) is 5.56 Å². The zero-order valence-corrected chi connectivity index (χ0v) is 15.4. The van der Waals surface area contributed by atoms with E-state index in [9.17, 15) is 8.42 Å². The van der Waals surface area contributed by atoms with E-state index in [2.05, 4.69) is 9.82 Å². The average Bonchev–Trinajstić information content (AvgIpc) is 2.87. The number of nitrogens with zero attached hydrogens (tertiary/aromatic N) is 2. The van der Waals surface area contributed by atoms with Crippen molar-refractivity contribution in [2.75, 3.05) is 4.72 Å². The summed E-state index contributed by atoms with van der Waals surface area (Å²) in [5.41, 5.74) is 1.68. The zero-order chi connectivity index (χ0) is 17.4. The number of aromatic nitrogens is 2. The van der Waals surface area contributed by atoms with Crippen molar-refractivity contribution in [3.8, 4) is 0 Å². The Morgan fingerprint density at radius 2 is 1.78 bits per heavy atom. The van der Waals surface area contributed by atoms with Crippen LogP contribution in [0.4, 0.5) is 5.69 Å². The average molecular weight is 335 g/mol. The van der Waals surface area contributed by atoms with Gasteiger partial charge in [-0.25, -0.2) is 8.42 Å². The third-order valence-electron chi connectivity index (χ3n) is 3.62. The predicted octanol–water partition coefficient (Wildman–Crippen LogP) is 3.87. The summed E-state index contributed by atoms with van der Waals surface area (Å²) in [6.45, 7) is 11.7. The Kier molecular flexibility index (Phi) is 4.57. The first-order valence-corrected chi connectivity index (χ1v) is 9.19. The van der Waals surface area contributed by atoms with Crippen LogP contribution in [0, 0.1) is 6.92 Å². The highest BCUT2D eigenvalue weighted by molar-refractivity contribution is 7.92. The van der Waals surface area contributed by atoms with Crippen molar-refractivity contribution < 1.29 is 8.42 Å². The van der Waals surface area contributed by atoms with Crippen molar-refractivity contribution in [2.45, 2.75) is 57.9 Å². The molecule has 23 heavy (non-hydrogen) atoms. The lowest BCUT2D eigenvalue weighted by Gasteiger charge is -2.18. The number of para-hydroxylation sites is 1. The molecule has 0 saturated carbocycles. The van der Waals surface area contributed by atoms with E-state index in [1.54, 1.807) is 16.9 Å². The van der Waals surface area contributed by atoms with Crippen LogP contribution < -0.4 is 4.72 Å². The molecule has 1 aromatic heterocycles. The van der Waals surface area contributed by atoms with Crippen LogP contribution in [0.5, 0.6) is 0 Å². The fourth-order valence-corrected chi connectivity index (χ4v) is 3.72. The topological polar surface area (TPSA) is 64.0 Å². The van der Waals surface area contributed by atoms with Crippen LogP contribution in [-0.2, 0) is 15.4 Å². The number of hydrogen-bond donors (Lipinski definition) is 1. The molecule has 0 spiro atoms. The summed E-state index contributed by atoms with van der Waals surface area (Å²) in [6, 6.07) is 7.42. The van der Waals surface area contributed by atoms with E-state index in [4.69, 9.17) is 0 Å². The van der Waals surface area contributed by atoms with Crippen molar-refractivity contribution in [1.29, 1.82) is 0 Å². The van der Waals surface area contributed by atoms with Crippen molar-refractivity contribution in [3.05, 3.63) is 41.7 Å². The minimum Gasteiger partial charge on any atom is -0.279 e. The summed E-state index contributed by atoms with van der Waals surface area (Å²) < 4.78 is 30.2. The summed E-state index contributed by atoms with van der Waals surface area (Å²) in [5.74, 6) is 0. The highest BCUT2D eigenvalue weighted by Gasteiger charge is 2.30. The second-order valence-corrected chi connectivity index (χ2v) is 8.74. The van der Waals surface area contributed by atoms with Gasteiger partial charge in [0.25, 0.3) is 10.0 Å². The fourth-order valence-electron chi connectivity index (χ4n) is 2.24. The first-order chi connectivity index (χ1) is 10.5. The van der Waals surface area contributed by atoms with Crippen LogP contribution in [0.1, 0.15) is 51.9 Å². The summed E-state index contributed by atoms with van der Waals surface area (Å²) in [4.78, 5) is 0.238. The quantitative estimate of drug-likeness (QED) is 0.922. The number of hydrogen-bond acceptors (Lipinski definition) is 3. The Bertz CT molecular complexity index is 799. The molecule has 0 amide bonds. The molecule has 0 aliphatic rings. The molecule has 1 N–H and O–H groups in total. The van der Waals surface area contributed by atoms with E-state index >= 15 is 0 Å². The third-order valence-corrected chi connectivity index (χ3v) is 4.98. The maximum Gasteiger partial charge on any atom is 0.265 e. The molecule has 0 fully saturated rings. The number of sulfonamides is 1. The van der Waals surface area contributed by atoms with Gasteiger partial charge in [0.2, 0.25) is 0 Å². The van der Waals surface area contributed by atoms with E-state index in [1.165, 1.54) is 0 Å². The van der Waals surface area contributed by atoms with Crippen LogP contribution in [0.3, 0.4) is 0 Å². The molecule has 1 aromatic carbocycles. The first-order valence-electron chi connectivity index (χ1n) is 7.70. The van der Waals surface area contributed by atoms with Gasteiger partial charge in [0.1, 0.15) is 4.90 Å². The third kappa shape index (κ3) is 3.75. The molecule has 0 radical (unpaired) electrons. The van der Waals surface area contributed by atoms with E-state index in [1.807, 2.05) is 59.7 Å². The van der Waals surface area contributed by atoms with Gasteiger partial charge in [0.15, 0.2) is 0 Å². The second kappa shape index (κ2) is 6.00. The van der Waals surface area contributed by atoms with Gasteiger partial charge in [-0.1, -0.05) is 39.0 Å². The molecule has 126 valence electrons. The normalized spacial score (nSPS) is 12.7. The number of anilines is 1. The minimum absolute atomic E-state index is 0.0958. The molecular formula is C17H25N3O2S. The molecule has 0 saturated heterocycles. The molecule has 0 unspecified atom stereocenters. The number of benzene rings is 1. The van der Waals surface area contributed by atoms with Crippen molar-refractivity contribution in [2.24, 2.45) is 0 Å². The van der Waals surface area contributed by atoms with Crippen molar-refractivity contribution in [1.82, 2.24) is 9.78 Å². The fraction of sp³-hybridized carbons (Fsp3) is 0.471. The maximum absolute atomic E-state index is 12.9. The van der Waals surface area contributed by atoms with E-state index in [0.29, 0.717) is 11.4 Å². The Balaban J connectivity index is 2.53. The van der Waals surface area contributed by atoms with Gasteiger partial charge >= 0.3 is 0 Å². The SMILES string of the molecule is Cc1ccccc1NS(=O)(=O)c1cn(C(C)C)nc1C(C)(C)C. The first kappa shape index (κ1) is 17.5. The lowest BCUT2D eigenvalue weighted by molar-refractivity contribution is 0.493. The van der Waals surface area contributed by atoms with E-state index in [-0.39, 0.29) is 16.4 Å². The molecule has 2 aromatic rings. The molecule has 6 heteroatoms. The lowest BCUT2D eigenvalue weighted by atomic mass is 9.92. The van der Waals surface area contributed by atoms with Crippen molar-refractivity contribution >= 4 is 15.7 Å². The number of nitrogens with one attached hydrogen (secondary N) is 1. The lowest BCUT2D eigenvalue weighted by Crippen LogP contribution is -2.20. The van der Waals surface area contributed by atoms with Crippen LogP contribution in [0.25, 0.3) is 0 Å². The predicted molar refractivity (Wildman–Crippen MR) is 93.3 cm³/mol. The highest BCUT2D eigenvalue weighted by atomic mass is 32.2. The van der Waals surface area contributed by atoms with Crippen LogP contribution in [0.2, 0.25) is 0 Å². The number of aryl methyl sites for hydroxylation is 1. The molecule has 0 aliphatic carbocycles. The monoisotopic (exact) mass is 335 g/mol. The molecule has 2 rings (SSSR count). The summed E-state index contributed by atoms with van der Waals surface area (Å²) in [7, 11) is -3.70. The van der Waals surface area contributed by atoms with Gasteiger partial charge in [-0.05, 0) is 32.4 Å². The van der Waals surface area contributed by atoms with Crippen molar-refractivity contribution in [3.63, 3.8) is 0 Å². The van der Waals surface area contributed by atoms with Crippen LogP contribution >= 0.6 is 0 Å². The summed E-state index contributed by atoms with van der Waals surface area (Å²) in [5, 5.41) is 4.51. The Morgan fingerprint density at radius 3 is 2.30 bits per heavy atom. The molecule has 0 aliphatic heterocycles. The molecule has 0 bridgehead atoms.